The first-order valence-corrected chi connectivity index (χ1v) is 9.76. The van der Waals surface area contributed by atoms with Crippen LogP contribution in [0, 0.1) is 11.3 Å². The molecule has 0 amide bonds. The Morgan fingerprint density at radius 2 is 2.17 bits per heavy atom. The summed E-state index contributed by atoms with van der Waals surface area (Å²) >= 11 is 0. The summed E-state index contributed by atoms with van der Waals surface area (Å²) in [5, 5.41) is 7.69. The van der Waals surface area contributed by atoms with Crippen molar-refractivity contribution < 1.29 is 4.74 Å². The zero-order valence-electron chi connectivity index (χ0n) is 16.4. The van der Waals surface area contributed by atoms with E-state index in [2.05, 4.69) is 49.8 Å². The fourth-order valence-corrected chi connectivity index (χ4v) is 3.95. The molecule has 1 aromatic rings. The SMILES string of the molecule is CCCCN(C)Cc1cn[nH]c1[C@H]1CCC(C)(C)C(COCC)C1. The minimum Gasteiger partial charge on any atom is -0.381 e. The first-order valence-electron chi connectivity index (χ1n) is 9.76. The standard InChI is InChI=1S/C20H37N3O/c1-6-8-11-23(5)14-17-13-21-22-19(17)16-9-10-20(3,4)18(12-16)15-24-7-2/h13,16,18H,6-12,14-15H2,1-5H3,(H,21,22)/t16-,18?/m0/s1. The summed E-state index contributed by atoms with van der Waals surface area (Å²) in [5.41, 5.74) is 3.13. The van der Waals surface area contributed by atoms with E-state index < -0.39 is 0 Å². The Morgan fingerprint density at radius 3 is 2.88 bits per heavy atom. The van der Waals surface area contributed by atoms with Crippen LogP contribution in [0.4, 0.5) is 0 Å². The second-order valence-corrected chi connectivity index (χ2v) is 8.22. The number of aromatic amines is 1. The van der Waals surface area contributed by atoms with Crippen molar-refractivity contribution in [3.05, 3.63) is 17.5 Å². The lowest BCUT2D eigenvalue weighted by molar-refractivity contribution is 0.0223. The zero-order valence-corrected chi connectivity index (χ0v) is 16.4. The van der Waals surface area contributed by atoms with Crippen molar-refractivity contribution in [3.63, 3.8) is 0 Å². The van der Waals surface area contributed by atoms with Gasteiger partial charge in [-0.05, 0) is 57.5 Å². The van der Waals surface area contributed by atoms with Crippen LogP contribution >= 0.6 is 0 Å². The third-order valence-electron chi connectivity index (χ3n) is 5.83. The van der Waals surface area contributed by atoms with Crippen LogP contribution in [0.2, 0.25) is 0 Å². The first kappa shape index (κ1) is 19.5. The molecule has 24 heavy (non-hydrogen) atoms. The van der Waals surface area contributed by atoms with Gasteiger partial charge in [0.05, 0.1) is 6.20 Å². The number of hydrogen-bond acceptors (Lipinski definition) is 3. The minimum absolute atomic E-state index is 0.379. The summed E-state index contributed by atoms with van der Waals surface area (Å²) in [5.74, 6) is 1.23. The number of rotatable bonds is 9. The van der Waals surface area contributed by atoms with Crippen LogP contribution in [0.3, 0.4) is 0 Å². The summed E-state index contributed by atoms with van der Waals surface area (Å²) in [6.45, 7) is 13.0. The Kier molecular flexibility index (Phi) is 7.30. The Labute approximate surface area is 148 Å². The fraction of sp³-hybridized carbons (Fsp3) is 0.850. The van der Waals surface area contributed by atoms with Crippen LogP contribution in [-0.4, -0.2) is 41.9 Å². The average molecular weight is 336 g/mol. The molecular formula is C20H37N3O. The number of ether oxygens (including phenoxy) is 1. The number of nitrogens with zero attached hydrogens (tertiary/aromatic N) is 2. The lowest BCUT2D eigenvalue weighted by Crippen LogP contribution is -2.34. The van der Waals surface area contributed by atoms with E-state index in [0.717, 1.165) is 26.3 Å². The summed E-state index contributed by atoms with van der Waals surface area (Å²) < 4.78 is 5.78. The lowest BCUT2D eigenvalue weighted by atomic mass is 9.65. The summed E-state index contributed by atoms with van der Waals surface area (Å²) in [7, 11) is 2.22. The second kappa shape index (κ2) is 9.00. The predicted molar refractivity (Wildman–Crippen MR) is 100 cm³/mol. The third kappa shape index (κ3) is 5.06. The van der Waals surface area contributed by atoms with Gasteiger partial charge in [0.25, 0.3) is 0 Å². The Morgan fingerprint density at radius 1 is 1.38 bits per heavy atom. The monoisotopic (exact) mass is 335 g/mol. The van der Waals surface area contributed by atoms with Gasteiger partial charge in [0.15, 0.2) is 0 Å². The molecule has 0 saturated heterocycles. The molecule has 1 heterocycles. The Balaban J connectivity index is 2.02. The van der Waals surface area contributed by atoms with Crippen molar-refractivity contribution in [3.8, 4) is 0 Å². The maximum Gasteiger partial charge on any atom is 0.0535 e. The third-order valence-corrected chi connectivity index (χ3v) is 5.83. The van der Waals surface area contributed by atoms with Gasteiger partial charge in [0.2, 0.25) is 0 Å². The maximum atomic E-state index is 5.78. The summed E-state index contributed by atoms with van der Waals surface area (Å²) in [6.07, 6.45) is 8.27. The number of unbranched alkanes of at least 4 members (excludes halogenated alkanes) is 1. The van der Waals surface area contributed by atoms with E-state index in [1.807, 2.05) is 6.20 Å². The minimum atomic E-state index is 0.379. The molecule has 0 radical (unpaired) electrons. The van der Waals surface area contributed by atoms with Crippen molar-refractivity contribution >= 4 is 0 Å². The quantitative estimate of drug-likeness (QED) is 0.717. The van der Waals surface area contributed by atoms with Crippen LogP contribution < -0.4 is 0 Å². The molecule has 1 aromatic heterocycles. The molecule has 4 heteroatoms. The second-order valence-electron chi connectivity index (χ2n) is 8.22. The van der Waals surface area contributed by atoms with Gasteiger partial charge in [-0.25, -0.2) is 0 Å². The Bertz CT molecular complexity index is 483. The number of aromatic nitrogens is 2. The van der Waals surface area contributed by atoms with E-state index in [1.165, 1.54) is 43.4 Å². The topological polar surface area (TPSA) is 41.2 Å². The van der Waals surface area contributed by atoms with Gasteiger partial charge in [-0.15, -0.1) is 0 Å². The molecule has 0 spiro atoms. The average Bonchev–Trinajstić information content (AvgIpc) is 2.99. The molecule has 0 bridgehead atoms. The molecule has 1 aliphatic carbocycles. The molecule has 138 valence electrons. The maximum absolute atomic E-state index is 5.78. The number of hydrogen-bond donors (Lipinski definition) is 1. The van der Waals surface area contributed by atoms with E-state index in [4.69, 9.17) is 4.74 Å². The van der Waals surface area contributed by atoms with Crippen molar-refractivity contribution in [2.75, 3.05) is 26.8 Å². The van der Waals surface area contributed by atoms with Crippen molar-refractivity contribution in [2.45, 2.75) is 72.3 Å². The van der Waals surface area contributed by atoms with E-state index >= 15 is 0 Å². The molecule has 0 aliphatic heterocycles. The lowest BCUT2D eigenvalue weighted by Gasteiger charge is -2.42. The number of H-pyrrole nitrogens is 1. The normalized spacial score (nSPS) is 23.8. The van der Waals surface area contributed by atoms with Gasteiger partial charge in [-0.3, -0.25) is 5.10 Å². The van der Waals surface area contributed by atoms with Crippen molar-refractivity contribution in [1.82, 2.24) is 15.1 Å². The molecule has 1 unspecified atom stereocenters. The highest BCUT2D eigenvalue weighted by Crippen LogP contribution is 2.46. The van der Waals surface area contributed by atoms with Gasteiger partial charge in [-0.1, -0.05) is 27.2 Å². The van der Waals surface area contributed by atoms with Crippen LogP contribution in [0.15, 0.2) is 6.20 Å². The van der Waals surface area contributed by atoms with Gasteiger partial charge < -0.3 is 9.64 Å². The highest BCUT2D eigenvalue weighted by molar-refractivity contribution is 5.21. The van der Waals surface area contributed by atoms with Gasteiger partial charge in [0, 0.05) is 36.9 Å². The predicted octanol–water partition coefficient (Wildman–Crippen LogP) is 4.59. The highest BCUT2D eigenvalue weighted by atomic mass is 16.5. The molecule has 1 saturated carbocycles. The molecule has 4 nitrogen and oxygen atoms in total. The highest BCUT2D eigenvalue weighted by Gasteiger charge is 2.38. The smallest absolute Gasteiger partial charge is 0.0535 e. The fourth-order valence-electron chi connectivity index (χ4n) is 3.95. The molecule has 1 aliphatic rings. The molecular weight excluding hydrogens is 298 g/mol. The van der Waals surface area contributed by atoms with E-state index in [9.17, 15) is 0 Å². The van der Waals surface area contributed by atoms with Gasteiger partial charge >= 0.3 is 0 Å². The molecule has 2 atom stereocenters. The molecule has 2 rings (SSSR count). The van der Waals surface area contributed by atoms with E-state index in [0.29, 0.717) is 17.3 Å². The van der Waals surface area contributed by atoms with Crippen LogP contribution in [0.1, 0.15) is 77.0 Å². The van der Waals surface area contributed by atoms with Crippen LogP contribution in [0.25, 0.3) is 0 Å². The van der Waals surface area contributed by atoms with E-state index in [-0.39, 0.29) is 0 Å². The number of nitrogens with one attached hydrogen (secondary N) is 1. The largest absolute Gasteiger partial charge is 0.381 e. The summed E-state index contributed by atoms with van der Waals surface area (Å²) in [6, 6.07) is 0. The van der Waals surface area contributed by atoms with Crippen LogP contribution in [0.5, 0.6) is 0 Å². The summed E-state index contributed by atoms with van der Waals surface area (Å²) in [4.78, 5) is 2.42. The van der Waals surface area contributed by atoms with Crippen molar-refractivity contribution in [2.24, 2.45) is 11.3 Å². The molecule has 1 N–H and O–H groups in total. The Hall–Kier alpha value is -0.870. The zero-order chi connectivity index (χ0) is 17.6. The molecule has 0 aromatic carbocycles. The van der Waals surface area contributed by atoms with Crippen LogP contribution in [-0.2, 0) is 11.3 Å². The van der Waals surface area contributed by atoms with E-state index in [1.54, 1.807) is 0 Å². The van der Waals surface area contributed by atoms with Gasteiger partial charge in [0.1, 0.15) is 0 Å². The first-order chi connectivity index (χ1) is 11.5. The van der Waals surface area contributed by atoms with Crippen molar-refractivity contribution in [1.29, 1.82) is 0 Å². The molecule has 1 fully saturated rings. The van der Waals surface area contributed by atoms with Gasteiger partial charge in [-0.2, -0.15) is 5.10 Å².